The number of rotatable bonds is 28. The first-order valence-corrected chi connectivity index (χ1v) is 28.7. The lowest BCUT2D eigenvalue weighted by Gasteiger charge is -2.18. The first-order chi connectivity index (χ1) is 33.0. The minimum atomic E-state index is -3.89. The molecule has 16 nitrogen and oxygen atoms in total. The van der Waals surface area contributed by atoms with E-state index in [4.69, 9.17) is 55.7 Å². The maximum absolute atomic E-state index is 12.2. The summed E-state index contributed by atoms with van der Waals surface area (Å²) in [5, 5.41) is 0. The van der Waals surface area contributed by atoms with Gasteiger partial charge in [-0.05, 0) is 38.1 Å². The molecule has 0 saturated carbocycles. The Bertz CT molecular complexity index is 1680. The van der Waals surface area contributed by atoms with Gasteiger partial charge >= 0.3 is 0 Å². The lowest BCUT2D eigenvalue weighted by molar-refractivity contribution is -0.0640. The minimum absolute atomic E-state index is 0.00468. The van der Waals surface area contributed by atoms with Gasteiger partial charge in [-0.3, -0.25) is 8.37 Å². The molecule has 2 aromatic carbocycles. The zero-order valence-corrected chi connectivity index (χ0v) is 44.8. The van der Waals surface area contributed by atoms with Crippen molar-refractivity contribution in [1.82, 2.24) is 0 Å². The third-order valence-corrected chi connectivity index (χ3v) is 13.2. The van der Waals surface area contributed by atoms with Gasteiger partial charge in [0.2, 0.25) is 0 Å². The lowest BCUT2D eigenvalue weighted by Crippen LogP contribution is -2.28. The number of hydrogen-bond acceptors (Lipinski definition) is 20. The van der Waals surface area contributed by atoms with E-state index in [9.17, 15) is 16.8 Å². The molecular weight excluding hydrogens is 1000 g/mol. The third kappa shape index (κ3) is 36.6. The van der Waals surface area contributed by atoms with Crippen LogP contribution >= 0.6 is 48.8 Å². The van der Waals surface area contributed by atoms with Crippen molar-refractivity contribution in [1.29, 1.82) is 0 Å². The molecule has 2 unspecified atom stereocenters. The van der Waals surface area contributed by atoms with E-state index in [1.807, 2.05) is 37.4 Å². The van der Waals surface area contributed by atoms with Gasteiger partial charge in [-0.15, -0.1) is 13.2 Å². The maximum atomic E-state index is 12.2. The van der Waals surface area contributed by atoms with Crippen LogP contribution < -0.4 is 0 Å². The number of benzene rings is 2. The van der Waals surface area contributed by atoms with Crippen molar-refractivity contribution in [2.75, 3.05) is 167 Å². The smallest absolute Gasteiger partial charge is 0.297 e. The minimum Gasteiger partial charge on any atom is -0.378 e. The van der Waals surface area contributed by atoms with E-state index >= 15 is 0 Å². The number of aryl methyl sites for hydroxylation is 2. The van der Waals surface area contributed by atoms with Crippen LogP contribution in [0, 0.1) is 13.8 Å². The molecule has 2 atom stereocenters. The zero-order chi connectivity index (χ0) is 49.8. The Morgan fingerprint density at radius 2 is 1.04 bits per heavy atom. The molecule has 0 radical (unpaired) electrons. The predicted octanol–water partition coefficient (Wildman–Crippen LogP) is 6.00. The lowest BCUT2D eigenvalue weighted by atomic mass is 10.2. The van der Waals surface area contributed by atoms with E-state index in [1.165, 1.54) is 24.3 Å². The van der Waals surface area contributed by atoms with Crippen LogP contribution in [0.25, 0.3) is 0 Å². The van der Waals surface area contributed by atoms with Crippen LogP contribution in [-0.2, 0) is 76.0 Å². The monoisotopic (exact) mass is 1080 g/mol. The van der Waals surface area contributed by atoms with Gasteiger partial charge in [-0.2, -0.15) is 65.6 Å². The highest BCUT2D eigenvalue weighted by Crippen LogP contribution is 2.15. The first-order valence-electron chi connectivity index (χ1n) is 22.3. The Morgan fingerprint density at radius 3 is 1.56 bits per heavy atom. The molecule has 0 aliphatic carbocycles. The summed E-state index contributed by atoms with van der Waals surface area (Å²) >= 11 is 11.6. The van der Waals surface area contributed by atoms with Crippen LogP contribution in [-0.4, -0.2) is 196 Å². The van der Waals surface area contributed by atoms with Crippen LogP contribution in [0.15, 0.2) is 83.6 Å². The van der Waals surface area contributed by atoms with E-state index in [0.29, 0.717) is 72.7 Å². The predicted molar refractivity (Wildman–Crippen MR) is 277 cm³/mol. The van der Waals surface area contributed by atoms with Crippen LogP contribution in [0.5, 0.6) is 0 Å². The molecule has 68 heavy (non-hydrogen) atoms. The van der Waals surface area contributed by atoms with E-state index in [1.54, 1.807) is 36.4 Å². The van der Waals surface area contributed by atoms with Crippen molar-refractivity contribution in [3.8, 4) is 0 Å². The molecule has 0 aromatic heterocycles. The molecule has 1 fully saturated rings. The highest BCUT2D eigenvalue weighted by Gasteiger charge is 2.18. The van der Waals surface area contributed by atoms with Gasteiger partial charge < -0.3 is 47.4 Å². The number of thiol groups is 2. The topological polar surface area (TPSA) is 179 Å². The molecule has 1 aliphatic heterocycles. The third-order valence-electron chi connectivity index (χ3n) is 8.36. The Labute approximate surface area is 426 Å². The Morgan fingerprint density at radius 1 is 0.588 bits per heavy atom. The maximum Gasteiger partial charge on any atom is 0.297 e. The number of ether oxygens (including phenoxy) is 10. The van der Waals surface area contributed by atoms with E-state index in [2.05, 4.69) is 38.4 Å². The summed E-state index contributed by atoms with van der Waals surface area (Å²) < 4.78 is 114. The number of thioether (sulfide) groups is 2. The Kier molecular flexibility index (Phi) is 42.3. The molecule has 1 aliphatic rings. The van der Waals surface area contributed by atoms with Crippen LogP contribution in [0.1, 0.15) is 11.1 Å². The van der Waals surface area contributed by atoms with Crippen LogP contribution in [0.4, 0.5) is 0 Å². The standard InChI is InChI=1S/C24H32O9S2.C16H30O5S2.C6H14O2S2/c1-4-13-29-18-22(31-15-17-33-35(27,28)24-11-7-21(3)8-12-24)19-30-14-16-32-34(25,26)23-9-5-20(2)6-10-23;1-2-3-19-14-16-15-20-8-12-22-10-6-17-4-5-18-7-11-23-13-9-21-16;9-5-3-7-1-2-8-4-6-10/h4-12,22H,1,13-19H2,2-3H3;2,16H,1,3-15H2;9-10H,1-6H2. The second kappa shape index (κ2) is 44.4. The molecule has 1 heterocycles. The van der Waals surface area contributed by atoms with E-state index in [-0.39, 0.29) is 55.5 Å². The fraction of sp³-hybridized carbons (Fsp3) is 0.652. The Hall–Kier alpha value is -1.26. The molecule has 0 N–H and O–H groups in total. The molecule has 2 aromatic rings. The summed E-state index contributed by atoms with van der Waals surface area (Å²) in [6.07, 6.45) is 2.78. The first kappa shape index (κ1) is 64.8. The summed E-state index contributed by atoms with van der Waals surface area (Å²) in [5.74, 6) is 5.43. The molecule has 3 rings (SSSR count). The average Bonchev–Trinajstić information content (AvgIpc) is 3.32. The van der Waals surface area contributed by atoms with Gasteiger partial charge in [0.1, 0.15) is 12.2 Å². The van der Waals surface area contributed by atoms with Gasteiger partial charge in [0.05, 0.1) is 142 Å². The molecule has 22 heteroatoms. The Balaban J connectivity index is 0.000000597. The molecule has 0 spiro atoms. The zero-order valence-electron chi connectivity index (χ0n) is 39.8. The molecule has 392 valence electrons. The van der Waals surface area contributed by atoms with Gasteiger partial charge in [0, 0.05) is 34.5 Å². The fourth-order valence-electron chi connectivity index (χ4n) is 5.00. The normalized spacial score (nSPS) is 16.4. The van der Waals surface area contributed by atoms with E-state index < -0.39 is 26.3 Å². The van der Waals surface area contributed by atoms with Gasteiger partial charge in [0.25, 0.3) is 20.2 Å². The van der Waals surface area contributed by atoms with Crippen LogP contribution in [0.3, 0.4) is 0 Å². The summed E-state index contributed by atoms with van der Waals surface area (Å²) in [5.41, 5.74) is 1.88. The average molecular weight is 1080 g/mol. The van der Waals surface area contributed by atoms with Crippen molar-refractivity contribution in [3.63, 3.8) is 0 Å². The second-order valence-corrected chi connectivity index (χ2v) is 20.7. The molecule has 0 bridgehead atoms. The van der Waals surface area contributed by atoms with Gasteiger partial charge in [-0.1, -0.05) is 47.5 Å². The molecule has 1 saturated heterocycles. The summed E-state index contributed by atoms with van der Waals surface area (Å²) in [6.45, 7) is 19.8. The summed E-state index contributed by atoms with van der Waals surface area (Å²) in [7, 11) is -7.76. The van der Waals surface area contributed by atoms with Gasteiger partial charge in [-0.25, -0.2) is 0 Å². The number of hydrogen-bond donors (Lipinski definition) is 2. The SMILES string of the molecule is C=CCOCC(COCCOS(=O)(=O)c1ccc(C)cc1)OCCOS(=O)(=O)c1ccc(C)cc1.C=CCOCC1COCCSCCOCCOCCSCCO1.SCCOCCOCCS. The summed E-state index contributed by atoms with van der Waals surface area (Å²) in [6, 6.07) is 12.7. The quantitative estimate of drug-likeness (QED) is 0.0438. The summed E-state index contributed by atoms with van der Waals surface area (Å²) in [4.78, 5) is 0.139. The van der Waals surface area contributed by atoms with Crippen LogP contribution in [0.2, 0.25) is 0 Å². The van der Waals surface area contributed by atoms with E-state index in [0.717, 1.165) is 65.5 Å². The van der Waals surface area contributed by atoms with Crippen molar-refractivity contribution in [3.05, 3.63) is 85.0 Å². The van der Waals surface area contributed by atoms with Crippen molar-refractivity contribution >= 4 is 69.0 Å². The van der Waals surface area contributed by atoms with Crippen molar-refractivity contribution in [2.24, 2.45) is 0 Å². The molecular formula is C46H76O16S6. The largest absolute Gasteiger partial charge is 0.378 e. The van der Waals surface area contributed by atoms with Crippen molar-refractivity contribution in [2.45, 2.75) is 35.8 Å². The fourth-order valence-corrected chi connectivity index (χ4v) is 8.37. The second-order valence-electron chi connectivity index (χ2n) is 14.1. The highest BCUT2D eigenvalue weighted by atomic mass is 32.2. The highest BCUT2D eigenvalue weighted by molar-refractivity contribution is 7.99. The molecule has 0 amide bonds. The van der Waals surface area contributed by atoms with Crippen molar-refractivity contribution < 1.29 is 72.6 Å². The van der Waals surface area contributed by atoms with Gasteiger partial charge in [0.15, 0.2) is 0 Å².